The van der Waals surface area contributed by atoms with Gasteiger partial charge in [-0.15, -0.1) is 0 Å². The van der Waals surface area contributed by atoms with E-state index >= 15 is 0 Å². The number of benzene rings is 4. The first-order valence-corrected chi connectivity index (χ1v) is 12.2. The van der Waals surface area contributed by atoms with Gasteiger partial charge in [-0.3, -0.25) is 0 Å². The van der Waals surface area contributed by atoms with Gasteiger partial charge in [-0.05, 0) is 54.6 Å². The normalized spacial score (nSPS) is 11.3. The predicted octanol–water partition coefficient (Wildman–Crippen LogP) is 5.30. The Labute approximate surface area is 183 Å². The fourth-order valence-corrected chi connectivity index (χ4v) is 8.20. The highest BCUT2D eigenvalue weighted by molar-refractivity contribution is 7.95. The minimum atomic E-state index is -2.14. The van der Waals surface area contributed by atoms with Crippen molar-refractivity contribution in [2.75, 3.05) is 13.9 Å². The molecule has 0 aliphatic rings. The van der Waals surface area contributed by atoms with Gasteiger partial charge in [0, 0.05) is 12.7 Å². The molecule has 2 nitrogen and oxygen atoms in total. The molecular weight excluding hydrogens is 406 g/mol. The van der Waals surface area contributed by atoms with Gasteiger partial charge >= 0.3 is 0 Å². The second-order valence-electron chi connectivity index (χ2n) is 7.28. The highest BCUT2D eigenvalue weighted by atomic mass is 31.2. The van der Waals surface area contributed by atoms with Crippen LogP contribution in [-0.4, -0.2) is 13.9 Å². The van der Waals surface area contributed by atoms with Crippen LogP contribution in [0.25, 0.3) is 0 Å². The molecule has 0 bridgehead atoms. The molecule has 0 aliphatic carbocycles. The van der Waals surface area contributed by atoms with E-state index in [2.05, 4.69) is 72.8 Å². The summed E-state index contributed by atoms with van der Waals surface area (Å²) >= 11 is 0. The van der Waals surface area contributed by atoms with Crippen molar-refractivity contribution in [1.29, 1.82) is 0 Å². The smallest absolute Gasteiger partial charge is 0.188 e. The van der Waals surface area contributed by atoms with Gasteiger partial charge in [0.1, 0.15) is 40.9 Å². The van der Waals surface area contributed by atoms with Gasteiger partial charge in [0.15, 0.2) is 6.79 Å². The summed E-state index contributed by atoms with van der Waals surface area (Å²) in [7, 11) is -0.560. The van der Waals surface area contributed by atoms with E-state index in [0.717, 1.165) is 5.56 Å². The Morgan fingerprint density at radius 1 is 0.677 bits per heavy atom. The van der Waals surface area contributed by atoms with Crippen LogP contribution in [-0.2, 0) is 10.9 Å². The summed E-state index contributed by atoms with van der Waals surface area (Å²) in [5.74, 6) is 0.377. The first-order chi connectivity index (χ1) is 15.2. The van der Waals surface area contributed by atoms with E-state index in [1.54, 1.807) is 19.2 Å². The molecule has 0 aromatic heterocycles. The van der Waals surface area contributed by atoms with Crippen LogP contribution in [0.5, 0.6) is 5.75 Å². The number of halogens is 1. The van der Waals surface area contributed by atoms with Crippen molar-refractivity contribution in [2.45, 2.75) is 6.16 Å². The molecule has 0 heterocycles. The summed E-state index contributed by atoms with van der Waals surface area (Å²) in [5.41, 5.74) is 0.835. The monoisotopic (exact) mass is 431 g/mol. The van der Waals surface area contributed by atoms with Gasteiger partial charge in [0.2, 0.25) is 0 Å². The molecule has 0 atom stereocenters. The maximum Gasteiger partial charge on any atom is 0.188 e. The lowest BCUT2D eigenvalue weighted by molar-refractivity contribution is 0.0505. The van der Waals surface area contributed by atoms with Crippen LogP contribution in [0, 0.1) is 5.82 Å². The first-order valence-electron chi connectivity index (χ1n) is 10.2. The van der Waals surface area contributed by atoms with Crippen molar-refractivity contribution in [2.24, 2.45) is 0 Å². The molecule has 0 aliphatic heterocycles. The maximum atomic E-state index is 14.4. The third-order valence-electron chi connectivity index (χ3n) is 5.35. The summed E-state index contributed by atoms with van der Waals surface area (Å²) in [6, 6.07) is 36.4. The molecule has 0 N–H and O–H groups in total. The fraction of sp³-hybridized carbons (Fsp3) is 0.111. The van der Waals surface area contributed by atoms with Crippen LogP contribution in [0.4, 0.5) is 4.39 Å². The number of methoxy groups -OCH3 is 1. The third-order valence-corrected chi connectivity index (χ3v) is 9.71. The fourth-order valence-electron chi connectivity index (χ4n) is 3.96. The molecule has 0 amide bonds. The summed E-state index contributed by atoms with van der Waals surface area (Å²) < 4.78 is 25.3. The lowest BCUT2D eigenvalue weighted by atomic mass is 10.2. The highest BCUT2D eigenvalue weighted by Gasteiger charge is 2.46. The Kier molecular flexibility index (Phi) is 6.76. The molecule has 4 aromatic rings. The molecule has 0 radical (unpaired) electrons. The maximum absolute atomic E-state index is 14.4. The molecule has 31 heavy (non-hydrogen) atoms. The zero-order chi connectivity index (χ0) is 21.5. The molecule has 4 heteroatoms. The van der Waals surface area contributed by atoms with E-state index < -0.39 is 7.26 Å². The minimum Gasteiger partial charge on any atom is -0.467 e. The molecule has 4 rings (SSSR count). The first kappa shape index (κ1) is 21.2. The lowest BCUT2D eigenvalue weighted by Gasteiger charge is -2.28. The van der Waals surface area contributed by atoms with Gasteiger partial charge in [-0.2, -0.15) is 0 Å². The van der Waals surface area contributed by atoms with Gasteiger partial charge in [0.05, 0.1) is 0 Å². The Morgan fingerprint density at radius 2 is 1.16 bits per heavy atom. The number of rotatable bonds is 8. The third kappa shape index (κ3) is 4.54. The SMILES string of the molecule is COCOc1ccc(F)cc1C[P+](c1ccccc1)(c1ccccc1)c1ccccc1. The minimum absolute atomic E-state index is 0.117. The average Bonchev–Trinajstić information content (AvgIpc) is 2.84. The Bertz CT molecular complexity index is 1010. The number of hydrogen-bond donors (Lipinski definition) is 0. The van der Waals surface area contributed by atoms with Crippen molar-refractivity contribution >= 4 is 23.2 Å². The summed E-state index contributed by atoms with van der Waals surface area (Å²) in [6.07, 6.45) is 0.641. The van der Waals surface area contributed by atoms with Gasteiger partial charge < -0.3 is 9.47 Å². The summed E-state index contributed by atoms with van der Waals surface area (Å²) in [4.78, 5) is 0. The molecule has 0 saturated heterocycles. The van der Waals surface area contributed by atoms with E-state index in [1.807, 2.05) is 18.2 Å². The largest absolute Gasteiger partial charge is 0.467 e. The molecule has 156 valence electrons. The predicted molar refractivity (Wildman–Crippen MR) is 128 cm³/mol. The number of ether oxygens (including phenoxy) is 2. The average molecular weight is 431 g/mol. The summed E-state index contributed by atoms with van der Waals surface area (Å²) in [5, 5.41) is 3.73. The van der Waals surface area contributed by atoms with Crippen molar-refractivity contribution in [3.8, 4) is 5.75 Å². The van der Waals surface area contributed by atoms with E-state index in [1.165, 1.54) is 22.0 Å². The van der Waals surface area contributed by atoms with Crippen LogP contribution in [0.2, 0.25) is 0 Å². The van der Waals surface area contributed by atoms with Crippen LogP contribution in [0.3, 0.4) is 0 Å². The van der Waals surface area contributed by atoms with Crippen molar-refractivity contribution < 1.29 is 13.9 Å². The van der Waals surface area contributed by atoms with Gasteiger partial charge in [0.25, 0.3) is 0 Å². The van der Waals surface area contributed by atoms with Gasteiger partial charge in [-0.1, -0.05) is 54.6 Å². The summed E-state index contributed by atoms with van der Waals surface area (Å²) in [6.45, 7) is 0.117. The Morgan fingerprint density at radius 3 is 1.61 bits per heavy atom. The van der Waals surface area contributed by atoms with Crippen molar-refractivity contribution in [1.82, 2.24) is 0 Å². The quantitative estimate of drug-likeness (QED) is 0.278. The van der Waals surface area contributed by atoms with Crippen molar-refractivity contribution in [3.05, 3.63) is 121 Å². The molecule has 0 unspecified atom stereocenters. The molecule has 0 saturated carbocycles. The van der Waals surface area contributed by atoms with E-state index in [4.69, 9.17) is 9.47 Å². The topological polar surface area (TPSA) is 18.5 Å². The zero-order valence-corrected chi connectivity index (χ0v) is 18.3. The number of hydrogen-bond acceptors (Lipinski definition) is 2. The zero-order valence-electron chi connectivity index (χ0n) is 17.4. The molecular formula is C27H25FO2P+. The van der Waals surface area contributed by atoms with Gasteiger partial charge in [-0.25, -0.2) is 4.39 Å². The van der Waals surface area contributed by atoms with E-state index in [9.17, 15) is 4.39 Å². The lowest BCUT2D eigenvalue weighted by Crippen LogP contribution is -2.32. The van der Waals surface area contributed by atoms with Crippen LogP contribution in [0.15, 0.2) is 109 Å². The van der Waals surface area contributed by atoms with Crippen molar-refractivity contribution in [3.63, 3.8) is 0 Å². The van der Waals surface area contributed by atoms with Crippen LogP contribution in [0.1, 0.15) is 5.56 Å². The Hall–Kier alpha value is -3.00. The molecule has 0 fully saturated rings. The standard InChI is InChI=1S/C27H25FO2P/c1-29-21-30-27-18-17-23(28)19-22(27)20-31(24-11-5-2-6-12-24,25-13-7-3-8-14-25)26-15-9-4-10-16-26/h2-19H,20-21H2,1H3/q+1. The highest BCUT2D eigenvalue weighted by Crippen LogP contribution is 2.59. The van der Waals surface area contributed by atoms with E-state index in [0.29, 0.717) is 11.9 Å². The van der Waals surface area contributed by atoms with Crippen LogP contribution < -0.4 is 20.7 Å². The van der Waals surface area contributed by atoms with Crippen LogP contribution >= 0.6 is 7.26 Å². The second kappa shape index (κ2) is 9.87. The molecule has 4 aromatic carbocycles. The Balaban J connectivity index is 1.97. The second-order valence-corrected chi connectivity index (χ2v) is 10.8. The molecule has 0 spiro atoms. The van der Waals surface area contributed by atoms with E-state index in [-0.39, 0.29) is 12.6 Å².